The van der Waals surface area contributed by atoms with Crippen molar-refractivity contribution in [3.05, 3.63) is 29.3 Å². The topological polar surface area (TPSA) is 43.7 Å². The first-order chi connectivity index (χ1) is 12.1. The van der Waals surface area contributed by atoms with Crippen molar-refractivity contribution in [3.8, 4) is 5.75 Å². The van der Waals surface area contributed by atoms with Crippen LogP contribution < -0.4 is 0 Å². The maximum atomic E-state index is 12.1. The number of phenols is 1. The van der Waals surface area contributed by atoms with E-state index in [4.69, 9.17) is 0 Å². The number of aliphatic hydroxyl groups is 1. The van der Waals surface area contributed by atoms with E-state index < -0.39 is 5.60 Å². The van der Waals surface area contributed by atoms with Gasteiger partial charge in [0.2, 0.25) is 0 Å². The second-order valence-electron chi connectivity index (χ2n) is 9.90. The molecule has 3 nitrogen and oxygen atoms in total. The van der Waals surface area contributed by atoms with Crippen LogP contribution in [-0.4, -0.2) is 39.8 Å². The summed E-state index contributed by atoms with van der Waals surface area (Å²) in [5.41, 5.74) is 2.25. The van der Waals surface area contributed by atoms with Gasteiger partial charge in [0.25, 0.3) is 0 Å². The summed E-state index contributed by atoms with van der Waals surface area (Å²) in [5.74, 6) is 1.23. The molecule has 6 rings (SSSR count). The zero-order valence-electron chi connectivity index (χ0n) is 15.0. The lowest BCUT2D eigenvalue weighted by Crippen LogP contribution is -2.71. The summed E-state index contributed by atoms with van der Waals surface area (Å²) >= 11 is 0. The minimum Gasteiger partial charge on any atom is -0.508 e. The Morgan fingerprint density at radius 3 is 2.76 bits per heavy atom. The van der Waals surface area contributed by atoms with E-state index in [-0.39, 0.29) is 10.8 Å². The van der Waals surface area contributed by atoms with Crippen molar-refractivity contribution in [2.24, 2.45) is 11.3 Å². The Morgan fingerprint density at radius 2 is 1.96 bits per heavy atom. The number of fused-ring (bicyclic) bond motifs is 2. The minimum absolute atomic E-state index is 0.114. The molecule has 1 saturated heterocycles. The van der Waals surface area contributed by atoms with Gasteiger partial charge in [0.15, 0.2) is 0 Å². The number of nitrogens with zero attached hydrogens (tertiary/aromatic N) is 1. The van der Waals surface area contributed by atoms with Crippen LogP contribution in [0.2, 0.25) is 0 Å². The standard InChI is InChI=1S/C22H29NO2/c24-17-7-6-16-11-20-13-21(18(16)10-17)8-1-2-9-22(21,25)19(20)23(14-20)12-15-4-3-5-15/h6-7,10,15,19,24-25H,1-5,8-9,11-14H2/t19-,20?,21+,22-/m1/s1. The molecule has 1 aliphatic heterocycles. The van der Waals surface area contributed by atoms with Gasteiger partial charge < -0.3 is 10.2 Å². The molecule has 1 aromatic carbocycles. The molecule has 0 amide bonds. The Labute approximate surface area is 150 Å². The zero-order chi connectivity index (χ0) is 16.9. The quantitative estimate of drug-likeness (QED) is 0.868. The highest BCUT2D eigenvalue weighted by molar-refractivity contribution is 5.51. The van der Waals surface area contributed by atoms with Crippen molar-refractivity contribution in [2.45, 2.75) is 74.8 Å². The highest BCUT2D eigenvalue weighted by Crippen LogP contribution is 2.71. The molecule has 4 aliphatic carbocycles. The second kappa shape index (κ2) is 4.61. The summed E-state index contributed by atoms with van der Waals surface area (Å²) in [6.07, 6.45) is 10.8. The van der Waals surface area contributed by atoms with Crippen molar-refractivity contribution in [1.29, 1.82) is 0 Å². The van der Waals surface area contributed by atoms with Crippen LogP contribution >= 0.6 is 0 Å². The van der Waals surface area contributed by atoms with Gasteiger partial charge >= 0.3 is 0 Å². The number of benzene rings is 1. The Bertz CT molecular complexity index is 744. The normalized spacial score (nSPS) is 45.1. The molecule has 3 saturated carbocycles. The number of phenolic OH excluding ortho intramolecular Hbond substituents is 1. The molecular weight excluding hydrogens is 310 g/mol. The van der Waals surface area contributed by atoms with Gasteiger partial charge in [-0.1, -0.05) is 25.3 Å². The van der Waals surface area contributed by atoms with E-state index in [1.165, 1.54) is 49.9 Å². The molecule has 2 N–H and O–H groups in total. The second-order valence-corrected chi connectivity index (χ2v) is 9.90. The van der Waals surface area contributed by atoms with Crippen LogP contribution in [0.1, 0.15) is 62.5 Å². The third kappa shape index (κ3) is 1.66. The molecule has 0 aromatic heterocycles. The summed E-state index contributed by atoms with van der Waals surface area (Å²) in [6, 6.07) is 6.31. The SMILES string of the molecule is Oc1ccc2c(c1)[C@@]13CCCC[C@@]1(O)[C@@H]1N(CC4CCC4)CC1(C2)C3. The summed E-state index contributed by atoms with van der Waals surface area (Å²) < 4.78 is 0. The Balaban J connectivity index is 1.47. The summed E-state index contributed by atoms with van der Waals surface area (Å²) in [7, 11) is 0. The van der Waals surface area contributed by atoms with Crippen molar-refractivity contribution >= 4 is 0 Å². The summed E-state index contributed by atoms with van der Waals surface area (Å²) in [6.45, 7) is 2.38. The smallest absolute Gasteiger partial charge is 0.115 e. The molecule has 5 aliphatic rings. The van der Waals surface area contributed by atoms with Gasteiger partial charge in [0.1, 0.15) is 5.75 Å². The first-order valence-corrected chi connectivity index (χ1v) is 10.4. The van der Waals surface area contributed by atoms with Gasteiger partial charge in [0.05, 0.1) is 5.60 Å². The number of rotatable bonds is 2. The lowest BCUT2D eigenvalue weighted by Gasteiger charge is -2.59. The van der Waals surface area contributed by atoms with E-state index in [2.05, 4.69) is 11.0 Å². The van der Waals surface area contributed by atoms with Crippen LogP contribution in [0, 0.1) is 11.3 Å². The van der Waals surface area contributed by atoms with E-state index in [9.17, 15) is 10.2 Å². The molecule has 1 aromatic rings. The van der Waals surface area contributed by atoms with Crippen LogP contribution in [0.5, 0.6) is 5.75 Å². The largest absolute Gasteiger partial charge is 0.508 e. The third-order valence-electron chi connectivity index (χ3n) is 8.68. The van der Waals surface area contributed by atoms with Crippen molar-refractivity contribution in [3.63, 3.8) is 0 Å². The zero-order valence-corrected chi connectivity index (χ0v) is 15.0. The predicted octanol–water partition coefficient (Wildman–Crippen LogP) is 3.37. The van der Waals surface area contributed by atoms with Crippen LogP contribution in [0.15, 0.2) is 18.2 Å². The van der Waals surface area contributed by atoms with Gasteiger partial charge in [-0.05, 0) is 67.7 Å². The average molecular weight is 339 g/mol. The lowest BCUT2D eigenvalue weighted by molar-refractivity contribution is -0.160. The van der Waals surface area contributed by atoms with E-state index in [1.807, 2.05) is 12.1 Å². The molecular formula is C22H29NO2. The lowest BCUT2D eigenvalue weighted by atomic mass is 9.58. The van der Waals surface area contributed by atoms with E-state index >= 15 is 0 Å². The molecule has 4 atom stereocenters. The van der Waals surface area contributed by atoms with Crippen LogP contribution in [0.25, 0.3) is 0 Å². The van der Waals surface area contributed by atoms with Gasteiger partial charge in [-0.3, -0.25) is 4.90 Å². The first kappa shape index (κ1) is 15.0. The maximum absolute atomic E-state index is 12.1. The maximum Gasteiger partial charge on any atom is 0.115 e. The Morgan fingerprint density at radius 1 is 1.12 bits per heavy atom. The van der Waals surface area contributed by atoms with Gasteiger partial charge in [-0.15, -0.1) is 0 Å². The molecule has 3 heteroatoms. The van der Waals surface area contributed by atoms with Crippen molar-refractivity contribution in [2.75, 3.05) is 13.1 Å². The fraction of sp³-hybridized carbons (Fsp3) is 0.727. The van der Waals surface area contributed by atoms with E-state index in [1.54, 1.807) is 0 Å². The number of hydrogen-bond donors (Lipinski definition) is 2. The van der Waals surface area contributed by atoms with E-state index in [0.717, 1.165) is 38.0 Å². The number of likely N-dealkylation sites (tertiary alicyclic amines) is 1. The Kier molecular flexibility index (Phi) is 2.77. The monoisotopic (exact) mass is 339 g/mol. The third-order valence-corrected chi connectivity index (χ3v) is 8.68. The first-order valence-electron chi connectivity index (χ1n) is 10.4. The fourth-order valence-corrected chi connectivity index (χ4v) is 7.73. The molecule has 134 valence electrons. The highest BCUT2D eigenvalue weighted by Gasteiger charge is 2.77. The number of hydrogen-bond acceptors (Lipinski definition) is 3. The van der Waals surface area contributed by atoms with Gasteiger partial charge in [-0.2, -0.15) is 0 Å². The van der Waals surface area contributed by atoms with Gasteiger partial charge in [0, 0.05) is 30.0 Å². The highest BCUT2D eigenvalue weighted by atomic mass is 16.3. The van der Waals surface area contributed by atoms with Crippen LogP contribution in [-0.2, 0) is 11.8 Å². The van der Waals surface area contributed by atoms with Crippen molar-refractivity contribution in [1.82, 2.24) is 4.90 Å². The molecule has 2 spiro atoms. The Hall–Kier alpha value is -1.06. The van der Waals surface area contributed by atoms with Crippen LogP contribution in [0.4, 0.5) is 0 Å². The average Bonchev–Trinajstić information content (AvgIpc) is 2.67. The molecule has 25 heavy (non-hydrogen) atoms. The number of aromatic hydroxyl groups is 1. The van der Waals surface area contributed by atoms with Crippen LogP contribution in [0.3, 0.4) is 0 Å². The minimum atomic E-state index is -0.591. The summed E-state index contributed by atoms with van der Waals surface area (Å²) in [4.78, 5) is 2.66. The van der Waals surface area contributed by atoms with Gasteiger partial charge in [-0.25, -0.2) is 0 Å². The predicted molar refractivity (Wildman–Crippen MR) is 96.7 cm³/mol. The molecule has 0 radical (unpaired) electrons. The molecule has 1 unspecified atom stereocenters. The molecule has 4 fully saturated rings. The fourth-order valence-electron chi connectivity index (χ4n) is 7.73. The molecule has 2 bridgehead atoms. The van der Waals surface area contributed by atoms with Crippen molar-refractivity contribution < 1.29 is 10.2 Å². The summed E-state index contributed by atoms with van der Waals surface area (Å²) in [5, 5.41) is 22.3. The van der Waals surface area contributed by atoms with E-state index in [0.29, 0.717) is 11.8 Å². The molecule has 1 heterocycles.